The topological polar surface area (TPSA) is 69.6 Å². The lowest BCUT2D eigenvalue weighted by molar-refractivity contribution is -0.140. The Morgan fingerprint density at radius 2 is 1.81 bits per heavy atom. The number of carboxylic acid groups (broad SMARTS) is 1. The molecule has 2 unspecified atom stereocenters. The molecule has 0 radical (unpaired) electrons. The van der Waals surface area contributed by atoms with Crippen LogP contribution in [0.1, 0.15) is 53.9 Å². The number of amides is 2. The quantitative estimate of drug-likeness (QED) is 0.841. The molecule has 1 aliphatic heterocycles. The van der Waals surface area contributed by atoms with E-state index in [-0.39, 0.29) is 17.4 Å². The van der Waals surface area contributed by atoms with Crippen molar-refractivity contribution in [2.75, 3.05) is 13.1 Å². The molecule has 5 heteroatoms. The smallest absolute Gasteiger partial charge is 0.326 e. The fraction of sp³-hybridized carbons (Fsp3) is 0.875. The van der Waals surface area contributed by atoms with E-state index in [1.54, 1.807) is 18.7 Å². The summed E-state index contributed by atoms with van der Waals surface area (Å²) in [5, 5.41) is 11.8. The highest BCUT2D eigenvalue weighted by molar-refractivity contribution is 5.82. The van der Waals surface area contributed by atoms with Gasteiger partial charge in [0.25, 0.3) is 0 Å². The molecule has 0 spiro atoms. The molecule has 1 rings (SSSR count). The summed E-state index contributed by atoms with van der Waals surface area (Å²) in [7, 11) is 0. The zero-order valence-electron chi connectivity index (χ0n) is 14.0. The number of nitrogens with one attached hydrogen (secondary N) is 1. The molecule has 21 heavy (non-hydrogen) atoms. The third kappa shape index (κ3) is 5.21. The molecule has 5 nitrogen and oxygen atoms in total. The first-order chi connectivity index (χ1) is 9.62. The van der Waals surface area contributed by atoms with Crippen molar-refractivity contribution in [3.05, 3.63) is 0 Å². The van der Waals surface area contributed by atoms with Crippen LogP contribution in [0.2, 0.25) is 0 Å². The van der Waals surface area contributed by atoms with E-state index in [0.29, 0.717) is 19.0 Å². The highest BCUT2D eigenvalue weighted by Crippen LogP contribution is 2.34. The average Bonchev–Trinajstić information content (AvgIpc) is 2.59. The molecule has 1 aliphatic rings. The standard InChI is InChI=1S/C16H30N2O3/c1-11(2)13(14(19)20)17-15(21)18-9-6-7-12(8-10-18)16(3,4)5/h11-13H,6-10H2,1-5H3,(H,17,21)(H,19,20). The Morgan fingerprint density at radius 3 is 2.29 bits per heavy atom. The second kappa shape index (κ2) is 7.14. The first kappa shape index (κ1) is 17.8. The van der Waals surface area contributed by atoms with Crippen molar-refractivity contribution in [1.29, 1.82) is 0 Å². The third-order valence-corrected chi connectivity index (χ3v) is 4.45. The monoisotopic (exact) mass is 298 g/mol. The summed E-state index contributed by atoms with van der Waals surface area (Å²) in [6.45, 7) is 11.8. The molecular formula is C16H30N2O3. The number of hydrogen-bond acceptors (Lipinski definition) is 2. The molecule has 0 aromatic carbocycles. The van der Waals surface area contributed by atoms with Gasteiger partial charge in [0.15, 0.2) is 0 Å². The Kier molecular flexibility index (Phi) is 6.05. The van der Waals surface area contributed by atoms with Crippen molar-refractivity contribution < 1.29 is 14.7 Å². The van der Waals surface area contributed by atoms with E-state index in [4.69, 9.17) is 5.11 Å². The first-order valence-electron chi connectivity index (χ1n) is 7.91. The number of likely N-dealkylation sites (tertiary alicyclic amines) is 1. The average molecular weight is 298 g/mol. The maximum atomic E-state index is 12.3. The Labute approximate surface area is 128 Å². The molecule has 1 saturated heterocycles. The Hall–Kier alpha value is -1.26. The van der Waals surface area contributed by atoms with Gasteiger partial charge in [-0.1, -0.05) is 34.6 Å². The van der Waals surface area contributed by atoms with Gasteiger partial charge in [0.2, 0.25) is 0 Å². The van der Waals surface area contributed by atoms with E-state index in [2.05, 4.69) is 26.1 Å². The summed E-state index contributed by atoms with van der Waals surface area (Å²) >= 11 is 0. The van der Waals surface area contributed by atoms with Gasteiger partial charge < -0.3 is 15.3 Å². The summed E-state index contributed by atoms with van der Waals surface area (Å²) in [6, 6.07) is -1.06. The van der Waals surface area contributed by atoms with Crippen molar-refractivity contribution >= 4 is 12.0 Å². The lowest BCUT2D eigenvalue weighted by atomic mass is 9.77. The normalized spacial score (nSPS) is 21.8. The molecule has 0 aliphatic carbocycles. The molecule has 1 fully saturated rings. The van der Waals surface area contributed by atoms with Crippen LogP contribution >= 0.6 is 0 Å². The molecule has 0 aromatic heterocycles. The van der Waals surface area contributed by atoms with Gasteiger partial charge in [-0.25, -0.2) is 9.59 Å². The number of hydrogen-bond donors (Lipinski definition) is 2. The molecular weight excluding hydrogens is 268 g/mol. The van der Waals surface area contributed by atoms with Gasteiger partial charge in [-0.2, -0.15) is 0 Å². The minimum atomic E-state index is -0.972. The zero-order valence-corrected chi connectivity index (χ0v) is 14.0. The van der Waals surface area contributed by atoms with Gasteiger partial charge in [0.1, 0.15) is 6.04 Å². The highest BCUT2D eigenvalue weighted by Gasteiger charge is 2.30. The number of carboxylic acids is 1. The van der Waals surface area contributed by atoms with Crippen molar-refractivity contribution in [3.8, 4) is 0 Å². The first-order valence-corrected chi connectivity index (χ1v) is 7.91. The van der Waals surface area contributed by atoms with Gasteiger partial charge in [-0.05, 0) is 36.5 Å². The van der Waals surface area contributed by atoms with E-state index in [1.807, 2.05) is 0 Å². The number of nitrogens with zero attached hydrogens (tertiary/aromatic N) is 1. The number of carbonyl (C=O) groups excluding carboxylic acids is 1. The van der Waals surface area contributed by atoms with Crippen LogP contribution in [0.25, 0.3) is 0 Å². The maximum absolute atomic E-state index is 12.3. The number of rotatable bonds is 3. The lowest BCUT2D eigenvalue weighted by Crippen LogP contribution is -2.50. The van der Waals surface area contributed by atoms with Crippen LogP contribution in [0.3, 0.4) is 0 Å². The fourth-order valence-corrected chi connectivity index (χ4v) is 2.90. The molecule has 2 N–H and O–H groups in total. The second-order valence-electron chi connectivity index (χ2n) is 7.49. The van der Waals surface area contributed by atoms with E-state index in [1.165, 1.54) is 0 Å². The molecule has 2 atom stereocenters. The predicted octanol–water partition coefficient (Wildman–Crippen LogP) is 2.95. The predicted molar refractivity (Wildman–Crippen MR) is 83.2 cm³/mol. The Balaban J connectivity index is 2.61. The van der Waals surface area contributed by atoms with Crippen LogP contribution in [-0.2, 0) is 4.79 Å². The van der Waals surface area contributed by atoms with E-state index >= 15 is 0 Å². The molecule has 0 bridgehead atoms. The van der Waals surface area contributed by atoms with Gasteiger partial charge >= 0.3 is 12.0 Å². The largest absolute Gasteiger partial charge is 0.480 e. The second-order valence-corrected chi connectivity index (χ2v) is 7.49. The highest BCUT2D eigenvalue weighted by atomic mass is 16.4. The number of carbonyl (C=O) groups is 2. The van der Waals surface area contributed by atoms with Crippen LogP contribution in [0.4, 0.5) is 4.79 Å². The van der Waals surface area contributed by atoms with Crippen molar-refractivity contribution in [3.63, 3.8) is 0 Å². The van der Waals surface area contributed by atoms with Gasteiger partial charge in [-0.3, -0.25) is 0 Å². The van der Waals surface area contributed by atoms with Gasteiger partial charge in [-0.15, -0.1) is 0 Å². The van der Waals surface area contributed by atoms with Crippen LogP contribution in [0, 0.1) is 17.3 Å². The van der Waals surface area contributed by atoms with E-state index in [9.17, 15) is 9.59 Å². The molecule has 0 aromatic rings. The van der Waals surface area contributed by atoms with Crippen LogP contribution in [0.5, 0.6) is 0 Å². The SMILES string of the molecule is CC(C)C(NC(=O)N1CCCC(C(C)(C)C)CC1)C(=O)O. The Morgan fingerprint density at radius 1 is 1.19 bits per heavy atom. The van der Waals surface area contributed by atoms with Gasteiger partial charge in [0, 0.05) is 13.1 Å². The number of urea groups is 1. The van der Waals surface area contributed by atoms with E-state index < -0.39 is 12.0 Å². The molecule has 0 saturated carbocycles. The summed E-state index contributed by atoms with van der Waals surface area (Å²) in [5.41, 5.74) is 0.258. The van der Waals surface area contributed by atoms with Crippen LogP contribution in [0.15, 0.2) is 0 Å². The molecule has 122 valence electrons. The van der Waals surface area contributed by atoms with Crippen molar-refractivity contribution in [2.45, 2.75) is 59.9 Å². The van der Waals surface area contributed by atoms with Crippen LogP contribution < -0.4 is 5.32 Å². The minimum absolute atomic E-state index is 0.124. The van der Waals surface area contributed by atoms with E-state index in [0.717, 1.165) is 19.3 Å². The lowest BCUT2D eigenvalue weighted by Gasteiger charge is -2.30. The minimum Gasteiger partial charge on any atom is -0.480 e. The summed E-state index contributed by atoms with van der Waals surface area (Å²) in [5.74, 6) is -0.489. The molecule has 1 heterocycles. The summed E-state index contributed by atoms with van der Waals surface area (Å²) in [4.78, 5) is 25.2. The van der Waals surface area contributed by atoms with Crippen LogP contribution in [-0.4, -0.2) is 41.1 Å². The molecule has 2 amide bonds. The van der Waals surface area contributed by atoms with Crippen molar-refractivity contribution in [2.24, 2.45) is 17.3 Å². The zero-order chi connectivity index (χ0) is 16.2. The van der Waals surface area contributed by atoms with Gasteiger partial charge in [0.05, 0.1) is 0 Å². The summed E-state index contributed by atoms with van der Waals surface area (Å²) < 4.78 is 0. The van der Waals surface area contributed by atoms with Crippen molar-refractivity contribution in [1.82, 2.24) is 10.2 Å². The fourth-order valence-electron chi connectivity index (χ4n) is 2.90. The summed E-state index contributed by atoms with van der Waals surface area (Å²) in [6.07, 6.45) is 3.09. The Bertz CT molecular complexity index is 374. The number of aliphatic carboxylic acids is 1. The third-order valence-electron chi connectivity index (χ3n) is 4.45. The maximum Gasteiger partial charge on any atom is 0.326 e.